The summed E-state index contributed by atoms with van der Waals surface area (Å²) in [6.07, 6.45) is 0. The van der Waals surface area contributed by atoms with Gasteiger partial charge in [0, 0.05) is 89.9 Å². The van der Waals surface area contributed by atoms with Crippen LogP contribution in [0.15, 0.2) is 142 Å². The van der Waals surface area contributed by atoms with Gasteiger partial charge in [0.25, 0.3) is 11.8 Å². The predicted molar refractivity (Wildman–Crippen MR) is 408 cm³/mol. The van der Waals surface area contributed by atoms with Crippen molar-refractivity contribution in [2.45, 2.75) is 93.5 Å². The van der Waals surface area contributed by atoms with E-state index in [0.29, 0.717) is 92.8 Å². The molecule has 466 valence electrons. The monoisotopic (exact) mass is 1890 g/mol. The molecule has 8 nitrogen and oxygen atoms in total. The van der Waals surface area contributed by atoms with E-state index in [9.17, 15) is 14.4 Å². The van der Waals surface area contributed by atoms with Gasteiger partial charge in [-0.25, -0.2) is 0 Å². The van der Waals surface area contributed by atoms with Crippen molar-refractivity contribution in [1.29, 1.82) is 0 Å². The van der Waals surface area contributed by atoms with Gasteiger partial charge in [0.05, 0.1) is 37.3 Å². The number of carbonyl (C=O) groups excluding carboxylic acids is 4. The number of carbonyl (C=O) groups is 4. The van der Waals surface area contributed by atoms with Crippen LogP contribution in [0.5, 0.6) is 0 Å². The zero-order valence-electron chi connectivity index (χ0n) is 49.8. The van der Waals surface area contributed by atoms with Crippen LogP contribution in [0.4, 0.5) is 22.7 Å². The Morgan fingerprint density at radius 2 is 0.899 bits per heavy atom. The van der Waals surface area contributed by atoms with E-state index in [4.69, 9.17) is 45.3 Å². The Hall–Kier alpha value is -2.69. The first-order valence-electron chi connectivity index (χ1n) is 27.5. The van der Waals surface area contributed by atoms with E-state index in [0.717, 1.165) is 57.0 Å². The number of Topliss-reactive ketones (excluding diaryl/α,β-unsaturated/α-hetero) is 1. The number of nitrogen functional groups attached to an aromatic ring is 1. The number of rotatable bonds is 13. The number of hydrogen-bond acceptors (Lipinski definition) is 6. The van der Waals surface area contributed by atoms with Gasteiger partial charge in [-0.05, 0) is 290 Å². The van der Waals surface area contributed by atoms with Crippen molar-refractivity contribution in [3.05, 3.63) is 218 Å². The molecular weight excluding hydrogens is 1840 g/mol. The largest absolute Gasteiger partial charge is 0.398 e. The van der Waals surface area contributed by atoms with Gasteiger partial charge in [-0.2, -0.15) is 0 Å². The lowest BCUT2D eigenvalue weighted by molar-refractivity contribution is -0.0980. The Balaban J connectivity index is 0.000000276. The minimum absolute atomic E-state index is 0.0277. The molecule has 0 fully saturated rings. The van der Waals surface area contributed by atoms with E-state index >= 15 is 0 Å². The fourth-order valence-electron chi connectivity index (χ4n) is 10.6. The average Bonchev–Trinajstić information content (AvgIpc) is 1.56. The van der Waals surface area contributed by atoms with Crippen LogP contribution in [0.2, 0.25) is 15.1 Å². The molecule has 0 saturated heterocycles. The highest BCUT2D eigenvalue weighted by atomic mass is 79.9. The minimum atomic E-state index is -0.652. The molecule has 8 aromatic carbocycles. The summed E-state index contributed by atoms with van der Waals surface area (Å²) in [5.41, 5.74) is 21.0. The van der Waals surface area contributed by atoms with Gasteiger partial charge >= 0.3 is 0 Å². The normalized spacial score (nSPS) is 12.3. The average molecular weight is 1900 g/mol. The van der Waals surface area contributed by atoms with Gasteiger partial charge in [0.15, 0.2) is 5.78 Å². The molecule has 0 atom stereocenters. The molecule has 1 aliphatic carbocycles. The minimum Gasteiger partial charge on any atom is -0.398 e. The highest BCUT2D eigenvalue weighted by Gasteiger charge is 2.47. The highest BCUT2D eigenvalue weighted by Crippen LogP contribution is 2.58. The predicted octanol–water partition coefficient (Wildman–Crippen LogP) is 25.6. The first-order valence-corrected chi connectivity index (χ1v) is 36.6. The third kappa shape index (κ3) is 14.6. The smallest absolute Gasteiger partial charge is 0.258 e. The number of benzene rings is 8. The molecule has 0 bridgehead atoms. The number of aryl methyl sites for hydroxylation is 3. The molecule has 1 aliphatic rings. The summed E-state index contributed by atoms with van der Waals surface area (Å²) in [6.45, 7) is 24.5. The summed E-state index contributed by atoms with van der Waals surface area (Å²) < 4.78 is 6.88. The molecule has 0 aliphatic heterocycles. The van der Waals surface area contributed by atoms with Crippen molar-refractivity contribution < 1.29 is 19.2 Å². The van der Waals surface area contributed by atoms with E-state index < -0.39 is 10.8 Å². The highest BCUT2D eigenvalue weighted by molar-refractivity contribution is 9.14. The first-order chi connectivity index (χ1) is 41.7. The van der Waals surface area contributed by atoms with Crippen LogP contribution in [0.25, 0.3) is 22.3 Å². The molecule has 0 spiro atoms. The van der Waals surface area contributed by atoms with Gasteiger partial charge in [0.2, 0.25) is 0 Å². The summed E-state index contributed by atoms with van der Waals surface area (Å²) in [6, 6.07) is 33.3. The molecule has 8 aromatic rings. The molecule has 0 aromatic heterocycles. The lowest BCUT2D eigenvalue weighted by atomic mass is 9.67. The molecular formula is C68H59Br10Cl3N4O4. The van der Waals surface area contributed by atoms with Gasteiger partial charge in [-0.15, -0.1) is 0 Å². The topological polar surface area (TPSA) is 130 Å². The number of hydrogen-bond donors (Lipinski definition) is 4. The molecule has 5 N–H and O–H groups in total. The van der Waals surface area contributed by atoms with Crippen molar-refractivity contribution in [1.82, 2.24) is 0 Å². The maximum absolute atomic E-state index is 14.2. The molecule has 0 saturated carbocycles. The number of nitrogens with one attached hydrogen (secondary N) is 3. The number of halogens is 13. The summed E-state index contributed by atoms with van der Waals surface area (Å²) in [4.78, 5) is 49.2. The Labute approximate surface area is 619 Å². The third-order valence-corrected chi connectivity index (χ3v) is 26.3. The maximum atomic E-state index is 14.2. The SMILES string of the molecule is C=O.Cc1cc(-c2cc(Cl)c(NC(=O)c3c(Br)c(Br)c(C(C)C)c(Br)c3Br)cc2Cl)c(Cl)cc1N.Cc1cc(C2(c3ccc(NC(C)C)c(C)c3)c3cc(Br)ccc3-c3ccc(Br)cc32)ccc1NC(=O)c1c(Br)c(Br)c(C(=O)C(C)(C)C(C)C)c(Br)c1Br. The zero-order valence-corrected chi connectivity index (χ0v) is 67.9. The summed E-state index contributed by atoms with van der Waals surface area (Å²) in [5, 5.41) is 10.8. The van der Waals surface area contributed by atoms with E-state index in [1.807, 2.05) is 60.5 Å². The molecule has 9 rings (SSSR count). The van der Waals surface area contributed by atoms with Crippen LogP contribution in [-0.4, -0.2) is 30.4 Å². The van der Waals surface area contributed by atoms with Gasteiger partial charge in [-0.1, -0.05) is 145 Å². The van der Waals surface area contributed by atoms with Gasteiger partial charge in [-0.3, -0.25) is 14.4 Å². The molecule has 21 heteroatoms. The van der Waals surface area contributed by atoms with Crippen LogP contribution in [0.1, 0.15) is 137 Å². The first kappa shape index (κ1) is 73.7. The van der Waals surface area contributed by atoms with Crippen molar-refractivity contribution >= 4 is 241 Å². The van der Waals surface area contributed by atoms with Crippen LogP contribution in [0, 0.1) is 32.1 Å². The van der Waals surface area contributed by atoms with E-state index in [1.165, 1.54) is 22.3 Å². The molecule has 2 amide bonds. The lowest BCUT2D eigenvalue weighted by Gasteiger charge is -2.35. The number of anilines is 4. The lowest BCUT2D eigenvalue weighted by Crippen LogP contribution is -2.31. The van der Waals surface area contributed by atoms with Crippen LogP contribution in [0.3, 0.4) is 0 Å². The number of amides is 2. The second-order valence-corrected chi connectivity index (χ2v) is 32.2. The Bertz CT molecular complexity index is 4080. The van der Waals surface area contributed by atoms with Crippen molar-refractivity contribution in [2.24, 2.45) is 11.3 Å². The molecule has 0 radical (unpaired) electrons. The fourth-order valence-corrected chi connectivity index (χ4v) is 18.3. The fraction of sp³-hybridized carbons (Fsp3) is 0.235. The summed E-state index contributed by atoms with van der Waals surface area (Å²) in [5.74, 6) is -0.384. The van der Waals surface area contributed by atoms with Crippen molar-refractivity contribution in [3.8, 4) is 22.3 Å². The Morgan fingerprint density at radius 3 is 1.34 bits per heavy atom. The van der Waals surface area contributed by atoms with Gasteiger partial charge < -0.3 is 26.5 Å². The van der Waals surface area contributed by atoms with Crippen LogP contribution in [-0.2, 0) is 10.2 Å². The molecule has 0 unspecified atom stereocenters. The molecule has 89 heavy (non-hydrogen) atoms. The number of ketones is 1. The van der Waals surface area contributed by atoms with E-state index in [1.54, 1.807) is 18.2 Å². The van der Waals surface area contributed by atoms with Crippen LogP contribution >= 0.6 is 194 Å². The van der Waals surface area contributed by atoms with E-state index in [2.05, 4.69) is 277 Å². The summed E-state index contributed by atoms with van der Waals surface area (Å²) >= 11 is 56.0. The van der Waals surface area contributed by atoms with E-state index in [-0.39, 0.29) is 29.4 Å². The van der Waals surface area contributed by atoms with Crippen LogP contribution < -0.4 is 21.7 Å². The standard InChI is InChI=1S/C44H40Br6N2O2.C23H17Br4Cl3N2O.CH2O/c1-21(2)43(7,8)41(53)35-37(47)39(49)36(40(50)38(35)48)42(54)52-34-16-10-26(18-24(34)6)44(25-9-15-33(23(5)17-25)51-22(3)4)31-19-27(45)11-13-29(31)30-14-12-28(46)20-32(30)44;1-8(2)17-19(24)21(26)18(22(27)20(17)25)23(33)32-16-7-13(29)11(5-14(16)30)10-4-9(3)15(31)6-12(10)28;1-2/h9-22,51H,1-8H3,(H,52,54);4-8H,31H2,1-3H3,(H,32,33);1H2. The zero-order chi connectivity index (χ0) is 66.4. The Morgan fingerprint density at radius 1 is 0.483 bits per heavy atom. The maximum Gasteiger partial charge on any atom is 0.258 e. The molecule has 0 heterocycles. The summed E-state index contributed by atoms with van der Waals surface area (Å²) in [7, 11) is 0. The second-order valence-electron chi connectivity index (χ2n) is 22.8. The van der Waals surface area contributed by atoms with Gasteiger partial charge in [0.1, 0.15) is 6.79 Å². The van der Waals surface area contributed by atoms with Crippen molar-refractivity contribution in [3.63, 3.8) is 0 Å². The Kier molecular flexibility index (Phi) is 24.8. The number of fused-ring (bicyclic) bond motifs is 3. The van der Waals surface area contributed by atoms with Crippen molar-refractivity contribution in [2.75, 3.05) is 21.7 Å². The second kappa shape index (κ2) is 29.9. The third-order valence-electron chi connectivity index (χ3n) is 15.9. The number of nitrogens with two attached hydrogens (primary N) is 1. The quantitative estimate of drug-likeness (QED) is 0.0517.